The van der Waals surface area contributed by atoms with Crippen LogP contribution in [0.2, 0.25) is 5.02 Å². The van der Waals surface area contributed by atoms with Gasteiger partial charge < -0.3 is 9.84 Å². The second-order valence-electron chi connectivity index (χ2n) is 11.9. The summed E-state index contributed by atoms with van der Waals surface area (Å²) in [4.78, 5) is 58.9. The molecule has 2 heterocycles. The van der Waals surface area contributed by atoms with Gasteiger partial charge in [0.25, 0.3) is 0 Å². The number of hydrogen-bond donors (Lipinski definition) is 1. The topological polar surface area (TPSA) is 104 Å². The van der Waals surface area contributed by atoms with Gasteiger partial charge in [0.1, 0.15) is 0 Å². The predicted octanol–water partition coefficient (Wildman–Crippen LogP) is 5.61. The largest absolute Gasteiger partial charge is 0.504 e. The van der Waals surface area contributed by atoms with Gasteiger partial charge in [0, 0.05) is 28.0 Å². The number of aromatic hydroxyl groups is 1. The molecule has 1 N–H and O–H groups in total. The Hall–Kier alpha value is -3.95. The van der Waals surface area contributed by atoms with E-state index < -0.39 is 46.8 Å². The molecule has 1 saturated carbocycles. The maximum atomic E-state index is 15.2. The number of allylic oxidation sites excluding steroid dienone is 2. The second kappa shape index (κ2) is 10.3. The van der Waals surface area contributed by atoms with Gasteiger partial charge in [-0.1, -0.05) is 75.6 Å². The average molecular weight is 676 g/mol. The van der Waals surface area contributed by atoms with E-state index in [1.54, 1.807) is 36.4 Å². The lowest BCUT2D eigenvalue weighted by molar-refractivity contribution is -0.138. The van der Waals surface area contributed by atoms with E-state index in [4.69, 9.17) is 16.3 Å². The number of hydrogen-bond acceptors (Lipinski definition) is 6. The van der Waals surface area contributed by atoms with Crippen molar-refractivity contribution >= 4 is 56.8 Å². The van der Waals surface area contributed by atoms with Crippen molar-refractivity contribution in [3.8, 4) is 11.5 Å². The zero-order chi connectivity index (χ0) is 31.1. The Balaban J connectivity index is 1.56. The van der Waals surface area contributed by atoms with Crippen LogP contribution in [0.4, 0.5) is 5.69 Å². The molecular formula is C34H28BrClN2O6. The van der Waals surface area contributed by atoms with Crippen molar-refractivity contribution in [1.29, 1.82) is 0 Å². The molecule has 0 bridgehead atoms. The quantitative estimate of drug-likeness (QED) is 0.285. The molecule has 0 aromatic heterocycles. The number of nitrogens with zero attached hydrogens (tertiary/aromatic N) is 2. The van der Waals surface area contributed by atoms with Crippen LogP contribution in [0.3, 0.4) is 0 Å². The summed E-state index contributed by atoms with van der Waals surface area (Å²) in [6.45, 7) is 0. The average Bonchev–Trinajstić information content (AvgIpc) is 3.38. The van der Waals surface area contributed by atoms with Gasteiger partial charge in [-0.15, -0.1) is 0 Å². The molecule has 44 heavy (non-hydrogen) atoms. The van der Waals surface area contributed by atoms with Crippen LogP contribution in [0.5, 0.6) is 11.5 Å². The number of imide groups is 2. The number of fused-ring (bicyclic) bond motifs is 4. The first-order valence-corrected chi connectivity index (χ1v) is 15.6. The third-order valence-electron chi connectivity index (χ3n) is 9.99. The predicted molar refractivity (Wildman–Crippen MR) is 166 cm³/mol. The monoisotopic (exact) mass is 674 g/mol. The number of phenolic OH excluding ortho intramolecular Hbond substituents is 1. The summed E-state index contributed by atoms with van der Waals surface area (Å²) in [7, 11) is 2.94. The normalized spacial score (nSPS) is 29.4. The van der Waals surface area contributed by atoms with Crippen molar-refractivity contribution in [1.82, 2.24) is 4.90 Å². The number of phenols is 1. The van der Waals surface area contributed by atoms with Crippen LogP contribution >= 0.6 is 27.5 Å². The van der Waals surface area contributed by atoms with Gasteiger partial charge >= 0.3 is 0 Å². The third-order valence-corrected chi connectivity index (χ3v) is 10.7. The number of rotatable bonds is 4. The minimum atomic E-state index is -1.49. The summed E-state index contributed by atoms with van der Waals surface area (Å²) < 4.78 is 6.13. The number of benzene rings is 3. The summed E-state index contributed by atoms with van der Waals surface area (Å²) in [5.74, 6) is -4.88. The maximum absolute atomic E-state index is 15.2. The molecule has 0 unspecified atom stereocenters. The Bertz CT molecular complexity index is 1790. The summed E-state index contributed by atoms with van der Waals surface area (Å²) in [5.41, 5.74) is 0.611. The molecule has 4 amide bonds. The third kappa shape index (κ3) is 3.81. The highest BCUT2D eigenvalue weighted by Crippen LogP contribution is 2.65. The first-order valence-electron chi connectivity index (χ1n) is 14.4. The lowest BCUT2D eigenvalue weighted by Gasteiger charge is -2.50. The summed E-state index contributed by atoms with van der Waals surface area (Å²) in [6, 6.07) is 19.1. The molecule has 2 aliphatic heterocycles. The van der Waals surface area contributed by atoms with Crippen LogP contribution in [-0.4, -0.2) is 47.8 Å². The van der Waals surface area contributed by atoms with Crippen molar-refractivity contribution in [3.63, 3.8) is 0 Å². The highest BCUT2D eigenvalue weighted by Gasteiger charge is 2.70. The van der Waals surface area contributed by atoms with Crippen molar-refractivity contribution in [2.24, 2.45) is 23.7 Å². The molecule has 4 aliphatic rings. The number of anilines is 1. The molecule has 6 atom stereocenters. The smallest absolute Gasteiger partial charge is 0.246 e. The number of amides is 4. The summed E-state index contributed by atoms with van der Waals surface area (Å²) in [6.07, 6.45) is 2.44. The van der Waals surface area contributed by atoms with Crippen molar-refractivity contribution in [2.75, 3.05) is 19.1 Å². The number of carbonyl (C=O) groups excluding carboxylic acids is 4. The first kappa shape index (κ1) is 28.8. The zero-order valence-corrected chi connectivity index (χ0v) is 26.2. The van der Waals surface area contributed by atoms with Crippen LogP contribution in [0, 0.1) is 23.7 Å². The van der Waals surface area contributed by atoms with Gasteiger partial charge in [-0.05, 0) is 54.7 Å². The van der Waals surface area contributed by atoms with Crippen LogP contribution in [-0.2, 0) is 24.6 Å². The minimum Gasteiger partial charge on any atom is -0.504 e. The van der Waals surface area contributed by atoms with E-state index in [0.29, 0.717) is 32.7 Å². The van der Waals surface area contributed by atoms with Gasteiger partial charge in [-0.3, -0.25) is 24.1 Å². The van der Waals surface area contributed by atoms with Crippen molar-refractivity contribution in [2.45, 2.75) is 24.2 Å². The van der Waals surface area contributed by atoms with E-state index in [9.17, 15) is 19.5 Å². The Morgan fingerprint density at radius 1 is 0.955 bits per heavy atom. The zero-order valence-electron chi connectivity index (χ0n) is 23.9. The first-order chi connectivity index (χ1) is 21.1. The molecule has 3 fully saturated rings. The van der Waals surface area contributed by atoms with E-state index in [1.807, 2.05) is 36.4 Å². The molecule has 0 radical (unpaired) electrons. The van der Waals surface area contributed by atoms with E-state index in [1.165, 1.54) is 24.0 Å². The summed E-state index contributed by atoms with van der Waals surface area (Å²) in [5, 5.41) is 12.1. The molecule has 3 aromatic carbocycles. The molecule has 10 heteroatoms. The molecule has 0 spiro atoms. The highest BCUT2D eigenvalue weighted by molar-refractivity contribution is 9.10. The van der Waals surface area contributed by atoms with Crippen molar-refractivity contribution < 1.29 is 29.0 Å². The van der Waals surface area contributed by atoms with E-state index in [0.717, 1.165) is 5.57 Å². The molecule has 3 aromatic rings. The Morgan fingerprint density at radius 2 is 1.70 bits per heavy atom. The maximum Gasteiger partial charge on any atom is 0.246 e. The number of methoxy groups -OCH3 is 1. The van der Waals surface area contributed by atoms with Crippen molar-refractivity contribution in [3.05, 3.63) is 99.0 Å². The van der Waals surface area contributed by atoms with Gasteiger partial charge in [-0.25, -0.2) is 4.90 Å². The highest BCUT2D eigenvalue weighted by atomic mass is 79.9. The number of halogens is 2. The lowest BCUT2D eigenvalue weighted by Crippen LogP contribution is -2.53. The molecule has 224 valence electrons. The van der Waals surface area contributed by atoms with E-state index >= 15 is 4.79 Å². The molecular weight excluding hydrogens is 648 g/mol. The fraction of sp³-hybridized carbons (Fsp3) is 0.294. The number of carbonyl (C=O) groups is 4. The molecule has 2 saturated heterocycles. The van der Waals surface area contributed by atoms with E-state index in [-0.39, 0.29) is 29.7 Å². The number of likely N-dealkylation sites (tertiary alicyclic amines) is 1. The van der Waals surface area contributed by atoms with Gasteiger partial charge in [0.05, 0.1) is 36.0 Å². The molecule has 7 rings (SSSR count). The van der Waals surface area contributed by atoms with Gasteiger partial charge in [-0.2, -0.15) is 0 Å². The van der Waals surface area contributed by atoms with Crippen LogP contribution < -0.4 is 9.64 Å². The number of ether oxygens (including phenoxy) is 1. The van der Waals surface area contributed by atoms with E-state index in [2.05, 4.69) is 15.9 Å². The fourth-order valence-corrected chi connectivity index (χ4v) is 8.85. The second-order valence-corrected chi connectivity index (χ2v) is 13.2. The fourth-order valence-electron chi connectivity index (χ4n) is 8.22. The van der Waals surface area contributed by atoms with Crippen LogP contribution in [0.25, 0.3) is 0 Å². The standard InChI is InChI=1S/C34H28BrClN2O6/c1-37-30(40)22-12-11-21-23(27(22)32(37)42)16-25-31(41)38(20-10-6-9-19(36)15-20)33(43)34(25,17-7-4-3-5-8-17)28(21)24-13-18(35)14-26(44-2)29(24)39/h3-11,13-15,22-23,25,27-28,39H,12,16H2,1-2H3/t22-,23+,25-,27-,28+,34+/m0/s1. The Kier molecular flexibility index (Phi) is 6.75. The summed E-state index contributed by atoms with van der Waals surface area (Å²) >= 11 is 9.89. The molecule has 8 nitrogen and oxygen atoms in total. The Labute approximate surface area is 267 Å². The molecule has 2 aliphatic carbocycles. The Morgan fingerprint density at radius 3 is 2.41 bits per heavy atom. The minimum absolute atomic E-state index is 0.161. The van der Waals surface area contributed by atoms with Crippen LogP contribution in [0.1, 0.15) is 29.9 Å². The lowest BCUT2D eigenvalue weighted by atomic mass is 9.49. The van der Waals surface area contributed by atoms with Gasteiger partial charge in [0.2, 0.25) is 23.6 Å². The van der Waals surface area contributed by atoms with Gasteiger partial charge in [0.15, 0.2) is 11.5 Å². The SMILES string of the molecule is COc1cc(Br)cc([C@H]2C3=CC[C@@H]4C(=O)N(C)C(=O)[C@@H]4[C@@H]3C[C@H]3C(=O)N(c4cccc(Cl)c4)C(=O)[C@@]23c2ccccc2)c1O. The van der Waals surface area contributed by atoms with Crippen LogP contribution in [0.15, 0.2) is 82.9 Å².